The summed E-state index contributed by atoms with van der Waals surface area (Å²) in [6.07, 6.45) is 3.33. The van der Waals surface area contributed by atoms with Crippen LogP contribution in [0.1, 0.15) is 33.6 Å². The molecule has 0 spiro atoms. The predicted molar refractivity (Wildman–Crippen MR) is 111 cm³/mol. The van der Waals surface area contributed by atoms with E-state index in [1.165, 1.54) is 23.1 Å². The number of nitriles is 1. The zero-order chi connectivity index (χ0) is 19.7. The summed E-state index contributed by atoms with van der Waals surface area (Å²) in [5, 5.41) is 13.4. The number of nitrogens with zero attached hydrogens (tertiary/aromatic N) is 2. The molecule has 1 atom stereocenters. The highest BCUT2D eigenvalue weighted by Crippen LogP contribution is 2.33. The molecule has 5 nitrogen and oxygen atoms in total. The van der Waals surface area contributed by atoms with Crippen molar-refractivity contribution in [3.05, 3.63) is 64.8 Å². The number of rotatable bonds is 4. The fourth-order valence-electron chi connectivity index (χ4n) is 4.22. The molecule has 0 radical (unpaired) electrons. The second-order valence-electron chi connectivity index (χ2n) is 7.83. The first-order chi connectivity index (χ1) is 13.5. The van der Waals surface area contributed by atoms with E-state index in [4.69, 9.17) is 0 Å². The Morgan fingerprint density at radius 3 is 2.89 bits per heavy atom. The molecule has 1 aromatic heterocycles. The molecule has 3 aromatic rings. The van der Waals surface area contributed by atoms with Crippen molar-refractivity contribution in [3.63, 3.8) is 0 Å². The Labute approximate surface area is 165 Å². The van der Waals surface area contributed by atoms with Gasteiger partial charge in [-0.3, -0.25) is 4.79 Å². The van der Waals surface area contributed by atoms with Crippen molar-refractivity contribution in [2.75, 3.05) is 26.0 Å². The molecule has 0 saturated heterocycles. The molecule has 28 heavy (non-hydrogen) atoms. The van der Waals surface area contributed by atoms with Gasteiger partial charge in [0.05, 0.1) is 17.2 Å². The molecule has 5 heteroatoms. The van der Waals surface area contributed by atoms with E-state index in [1.807, 2.05) is 12.1 Å². The maximum Gasteiger partial charge on any atom is 0.257 e. The first-order valence-electron chi connectivity index (χ1n) is 9.64. The fraction of sp³-hybridized carbons (Fsp3) is 0.304. The average molecular weight is 372 g/mol. The lowest BCUT2D eigenvalue weighted by atomic mass is 9.86. The summed E-state index contributed by atoms with van der Waals surface area (Å²) in [7, 11) is 4.24. The number of carbonyl (C=O) groups excluding carboxylic acids is 1. The minimum Gasteiger partial charge on any atom is -0.358 e. The van der Waals surface area contributed by atoms with E-state index in [0.29, 0.717) is 17.0 Å². The quantitative estimate of drug-likeness (QED) is 0.728. The van der Waals surface area contributed by atoms with Crippen LogP contribution in [0, 0.1) is 17.2 Å². The molecule has 1 aliphatic carbocycles. The number of hydrogen-bond acceptors (Lipinski definition) is 3. The molecule has 0 fully saturated rings. The minimum absolute atomic E-state index is 0.258. The summed E-state index contributed by atoms with van der Waals surface area (Å²) < 4.78 is 0. The first-order valence-corrected chi connectivity index (χ1v) is 9.64. The van der Waals surface area contributed by atoms with Crippen LogP contribution in [0.15, 0.2) is 42.5 Å². The SMILES string of the molecule is CN(C)CC1CCc2[nH]c3ccc(NC(=O)c4ccccc4C#N)cc3c2C1. The number of carbonyl (C=O) groups is 1. The highest BCUT2D eigenvalue weighted by molar-refractivity contribution is 6.06. The number of H-pyrrole nitrogens is 1. The number of aromatic amines is 1. The van der Waals surface area contributed by atoms with Crippen LogP contribution in [0.2, 0.25) is 0 Å². The van der Waals surface area contributed by atoms with Crippen molar-refractivity contribution < 1.29 is 4.79 Å². The molecule has 1 unspecified atom stereocenters. The Morgan fingerprint density at radius 1 is 1.29 bits per heavy atom. The van der Waals surface area contributed by atoms with E-state index in [0.717, 1.165) is 30.6 Å². The van der Waals surface area contributed by atoms with Crippen molar-refractivity contribution in [1.29, 1.82) is 5.26 Å². The summed E-state index contributed by atoms with van der Waals surface area (Å²) in [5.74, 6) is 0.397. The molecule has 1 heterocycles. The predicted octanol–water partition coefficient (Wildman–Crippen LogP) is 3.96. The first kappa shape index (κ1) is 18.3. The molecule has 1 aliphatic rings. The Morgan fingerprint density at radius 2 is 2.11 bits per heavy atom. The smallest absolute Gasteiger partial charge is 0.257 e. The Balaban J connectivity index is 1.62. The van der Waals surface area contributed by atoms with Gasteiger partial charge in [-0.05, 0) is 75.2 Å². The van der Waals surface area contributed by atoms with Crippen LogP contribution in [0.25, 0.3) is 10.9 Å². The highest BCUT2D eigenvalue weighted by atomic mass is 16.1. The highest BCUT2D eigenvalue weighted by Gasteiger charge is 2.23. The lowest BCUT2D eigenvalue weighted by Gasteiger charge is -2.25. The van der Waals surface area contributed by atoms with Crippen molar-refractivity contribution in [1.82, 2.24) is 9.88 Å². The lowest BCUT2D eigenvalue weighted by molar-refractivity contribution is 0.102. The molecule has 2 N–H and O–H groups in total. The van der Waals surface area contributed by atoms with E-state index in [1.54, 1.807) is 24.3 Å². The summed E-state index contributed by atoms with van der Waals surface area (Å²) >= 11 is 0. The topological polar surface area (TPSA) is 71.9 Å². The zero-order valence-corrected chi connectivity index (χ0v) is 16.2. The molecule has 142 valence electrons. The Kier molecular flexibility index (Phi) is 4.89. The average Bonchev–Trinajstić information content (AvgIpc) is 3.05. The molecule has 0 bridgehead atoms. The van der Waals surface area contributed by atoms with Gasteiger partial charge in [0.15, 0.2) is 0 Å². The van der Waals surface area contributed by atoms with Crippen molar-refractivity contribution in [3.8, 4) is 6.07 Å². The fourth-order valence-corrected chi connectivity index (χ4v) is 4.22. The Bertz CT molecular complexity index is 1070. The third-order valence-corrected chi connectivity index (χ3v) is 5.46. The number of aromatic nitrogens is 1. The summed E-state index contributed by atoms with van der Waals surface area (Å²) in [5.41, 5.74) is 5.34. The van der Waals surface area contributed by atoms with Gasteiger partial charge in [0, 0.05) is 28.8 Å². The molecule has 2 aromatic carbocycles. The van der Waals surface area contributed by atoms with Crippen LogP contribution in [0.3, 0.4) is 0 Å². The largest absolute Gasteiger partial charge is 0.358 e. The molecule has 0 aliphatic heterocycles. The van der Waals surface area contributed by atoms with Gasteiger partial charge in [-0.1, -0.05) is 12.1 Å². The van der Waals surface area contributed by atoms with Gasteiger partial charge in [0.25, 0.3) is 5.91 Å². The van der Waals surface area contributed by atoms with E-state index in [9.17, 15) is 10.1 Å². The normalized spacial score (nSPS) is 16.0. The second-order valence-corrected chi connectivity index (χ2v) is 7.83. The van der Waals surface area contributed by atoms with E-state index in [-0.39, 0.29) is 5.91 Å². The van der Waals surface area contributed by atoms with Crippen LogP contribution >= 0.6 is 0 Å². The van der Waals surface area contributed by atoms with Gasteiger partial charge < -0.3 is 15.2 Å². The van der Waals surface area contributed by atoms with Gasteiger partial charge in [-0.2, -0.15) is 5.26 Å². The van der Waals surface area contributed by atoms with Crippen LogP contribution in [-0.4, -0.2) is 36.4 Å². The third-order valence-electron chi connectivity index (χ3n) is 5.46. The minimum atomic E-state index is -0.258. The van der Waals surface area contributed by atoms with Gasteiger partial charge in [0.2, 0.25) is 0 Å². The van der Waals surface area contributed by atoms with Crippen LogP contribution in [-0.2, 0) is 12.8 Å². The van der Waals surface area contributed by atoms with Crippen molar-refractivity contribution in [2.24, 2.45) is 5.92 Å². The summed E-state index contributed by atoms with van der Waals surface area (Å²) in [6.45, 7) is 1.09. The Hall–Kier alpha value is -3.10. The van der Waals surface area contributed by atoms with Crippen LogP contribution < -0.4 is 5.32 Å². The van der Waals surface area contributed by atoms with Crippen LogP contribution in [0.4, 0.5) is 5.69 Å². The standard InChI is InChI=1S/C23H24N4O/c1-27(2)14-15-7-9-21-19(11-15)20-12-17(8-10-22(20)26-21)25-23(28)18-6-4-3-5-16(18)13-24/h3-6,8,10,12,15,26H,7,9,11,14H2,1-2H3,(H,25,28). The van der Waals surface area contributed by atoms with Crippen molar-refractivity contribution in [2.45, 2.75) is 19.3 Å². The number of hydrogen-bond donors (Lipinski definition) is 2. The van der Waals surface area contributed by atoms with Gasteiger partial charge >= 0.3 is 0 Å². The van der Waals surface area contributed by atoms with E-state index < -0.39 is 0 Å². The number of fused-ring (bicyclic) bond motifs is 3. The zero-order valence-electron chi connectivity index (χ0n) is 16.2. The van der Waals surface area contributed by atoms with Gasteiger partial charge in [-0.15, -0.1) is 0 Å². The van der Waals surface area contributed by atoms with E-state index in [2.05, 4.69) is 41.4 Å². The molecule has 4 rings (SSSR count). The third kappa shape index (κ3) is 3.51. The maximum absolute atomic E-state index is 12.7. The molecular weight excluding hydrogens is 348 g/mol. The van der Waals surface area contributed by atoms with E-state index >= 15 is 0 Å². The maximum atomic E-state index is 12.7. The van der Waals surface area contributed by atoms with Crippen molar-refractivity contribution >= 4 is 22.5 Å². The number of nitrogens with one attached hydrogen (secondary N) is 2. The van der Waals surface area contributed by atoms with Crippen LogP contribution in [0.5, 0.6) is 0 Å². The monoisotopic (exact) mass is 372 g/mol. The molecular formula is C23H24N4O. The van der Waals surface area contributed by atoms with Gasteiger partial charge in [-0.25, -0.2) is 0 Å². The lowest BCUT2D eigenvalue weighted by Crippen LogP contribution is -2.26. The molecule has 0 saturated carbocycles. The number of amides is 1. The number of benzene rings is 2. The summed E-state index contributed by atoms with van der Waals surface area (Å²) in [4.78, 5) is 18.5. The summed E-state index contributed by atoms with van der Waals surface area (Å²) in [6, 6.07) is 14.9. The molecule has 1 amide bonds. The number of aryl methyl sites for hydroxylation is 1. The second kappa shape index (κ2) is 7.49. The number of anilines is 1. The van der Waals surface area contributed by atoms with Gasteiger partial charge in [0.1, 0.15) is 0 Å².